The predicted molar refractivity (Wildman–Crippen MR) is 109 cm³/mol. The van der Waals surface area contributed by atoms with E-state index in [-0.39, 0.29) is 5.75 Å². The number of nitrogens with one attached hydrogen (secondary N) is 1. The van der Waals surface area contributed by atoms with Crippen LogP contribution in [-0.4, -0.2) is 46.2 Å². The van der Waals surface area contributed by atoms with Crippen molar-refractivity contribution in [3.8, 4) is 17.4 Å². The van der Waals surface area contributed by atoms with E-state index in [2.05, 4.69) is 20.2 Å². The third-order valence-electron chi connectivity index (χ3n) is 5.30. The van der Waals surface area contributed by atoms with Gasteiger partial charge in [-0.15, -0.1) is 0 Å². The first-order valence-corrected chi connectivity index (χ1v) is 9.28. The first-order valence-electron chi connectivity index (χ1n) is 9.28. The summed E-state index contributed by atoms with van der Waals surface area (Å²) in [4.78, 5) is 15.4. The van der Waals surface area contributed by atoms with Gasteiger partial charge in [-0.3, -0.25) is 0 Å². The molecular formula is C20H24N6O2. The van der Waals surface area contributed by atoms with Crippen LogP contribution in [0.25, 0.3) is 10.9 Å². The first-order chi connectivity index (χ1) is 13.5. The highest BCUT2D eigenvalue weighted by Crippen LogP contribution is 2.38. The number of rotatable bonds is 4. The number of ether oxygens (including phenoxy) is 1. The normalized spacial score (nSPS) is 16.7. The summed E-state index contributed by atoms with van der Waals surface area (Å²) in [5, 5.41) is 14.0. The largest absolute Gasteiger partial charge is 0.508 e. The number of nitrogens with zero attached hydrogens (tertiary/aromatic N) is 4. The van der Waals surface area contributed by atoms with Crippen LogP contribution in [0.5, 0.6) is 17.4 Å². The SMILES string of the molecule is CN[C@H]1CCN(c2cc3ncnc(N)c3c(Oc3c(C)ccc(O)c3C)n2)C1. The lowest BCUT2D eigenvalue weighted by atomic mass is 10.1. The maximum Gasteiger partial charge on any atom is 0.234 e. The van der Waals surface area contributed by atoms with Crippen molar-refractivity contribution in [3.63, 3.8) is 0 Å². The highest BCUT2D eigenvalue weighted by molar-refractivity contribution is 5.94. The summed E-state index contributed by atoms with van der Waals surface area (Å²) in [7, 11) is 1.97. The molecule has 8 heteroatoms. The molecule has 28 heavy (non-hydrogen) atoms. The zero-order chi connectivity index (χ0) is 19.8. The Morgan fingerprint density at radius 1 is 1.29 bits per heavy atom. The molecule has 0 saturated carbocycles. The molecule has 1 aromatic carbocycles. The lowest BCUT2D eigenvalue weighted by molar-refractivity contribution is 0.440. The van der Waals surface area contributed by atoms with Crippen LogP contribution in [0, 0.1) is 13.8 Å². The van der Waals surface area contributed by atoms with Crippen molar-refractivity contribution >= 4 is 22.5 Å². The van der Waals surface area contributed by atoms with Crippen LogP contribution in [0.1, 0.15) is 17.5 Å². The van der Waals surface area contributed by atoms with E-state index in [1.54, 1.807) is 6.07 Å². The minimum atomic E-state index is 0.168. The number of aryl methyl sites for hydroxylation is 1. The molecular weight excluding hydrogens is 356 g/mol. The molecule has 0 unspecified atom stereocenters. The second-order valence-corrected chi connectivity index (χ2v) is 7.12. The maximum absolute atomic E-state index is 10.1. The number of phenolic OH excluding ortho intramolecular Hbond substituents is 1. The molecule has 8 nitrogen and oxygen atoms in total. The summed E-state index contributed by atoms with van der Waals surface area (Å²) in [5.74, 6) is 2.17. The Balaban J connectivity index is 1.84. The Bertz CT molecular complexity index is 1040. The fraction of sp³-hybridized carbons (Fsp3) is 0.350. The van der Waals surface area contributed by atoms with Gasteiger partial charge in [0.25, 0.3) is 0 Å². The number of pyridine rings is 1. The van der Waals surface area contributed by atoms with Crippen LogP contribution >= 0.6 is 0 Å². The summed E-state index contributed by atoms with van der Waals surface area (Å²) in [5.41, 5.74) is 8.33. The van der Waals surface area contributed by atoms with E-state index in [1.165, 1.54) is 6.33 Å². The van der Waals surface area contributed by atoms with E-state index in [0.717, 1.165) is 30.9 Å². The van der Waals surface area contributed by atoms with Gasteiger partial charge >= 0.3 is 0 Å². The van der Waals surface area contributed by atoms with Crippen LogP contribution in [0.4, 0.5) is 11.6 Å². The van der Waals surface area contributed by atoms with Crippen molar-refractivity contribution in [1.82, 2.24) is 20.3 Å². The summed E-state index contributed by atoms with van der Waals surface area (Å²) in [6.45, 7) is 5.49. The average Bonchev–Trinajstić information content (AvgIpc) is 3.17. The highest BCUT2D eigenvalue weighted by Gasteiger charge is 2.24. The predicted octanol–water partition coefficient (Wildman–Crippen LogP) is 2.52. The Morgan fingerprint density at radius 2 is 2.11 bits per heavy atom. The van der Waals surface area contributed by atoms with Crippen molar-refractivity contribution < 1.29 is 9.84 Å². The number of anilines is 2. The molecule has 1 atom stereocenters. The highest BCUT2D eigenvalue weighted by atomic mass is 16.5. The van der Waals surface area contributed by atoms with Crippen LogP contribution < -0.4 is 20.7 Å². The summed E-state index contributed by atoms with van der Waals surface area (Å²) >= 11 is 0. The van der Waals surface area contributed by atoms with Crippen LogP contribution in [-0.2, 0) is 0 Å². The standard InChI is InChI=1S/C20H24N6O2/c1-11-4-5-15(27)12(2)18(11)28-20-17-14(23-10-24-19(17)21)8-16(25-20)26-7-6-13(9-26)22-3/h4-5,8,10,13,22,27H,6-7,9H2,1-3H3,(H2,21,23,24)/t13-/m0/s1. The molecule has 0 spiro atoms. The van der Waals surface area contributed by atoms with E-state index in [0.29, 0.717) is 40.0 Å². The molecule has 1 aliphatic rings. The number of fused-ring (bicyclic) bond motifs is 1. The number of hydrogen-bond donors (Lipinski definition) is 3. The summed E-state index contributed by atoms with van der Waals surface area (Å²) in [6, 6.07) is 5.80. The number of aromatic nitrogens is 3. The van der Waals surface area contributed by atoms with E-state index in [4.69, 9.17) is 15.5 Å². The fourth-order valence-electron chi connectivity index (χ4n) is 3.57. The topological polar surface area (TPSA) is 109 Å². The lowest BCUT2D eigenvalue weighted by Crippen LogP contribution is -2.29. The third kappa shape index (κ3) is 3.16. The number of benzene rings is 1. The Hall–Kier alpha value is -3.13. The van der Waals surface area contributed by atoms with E-state index in [9.17, 15) is 5.11 Å². The van der Waals surface area contributed by atoms with Gasteiger partial charge in [0.15, 0.2) is 0 Å². The number of phenols is 1. The number of likely N-dealkylation sites (N-methyl/N-ethyl adjacent to an activating group) is 1. The summed E-state index contributed by atoms with van der Waals surface area (Å²) in [6.07, 6.45) is 2.49. The van der Waals surface area contributed by atoms with Crippen molar-refractivity contribution in [2.45, 2.75) is 26.3 Å². The number of hydrogen-bond acceptors (Lipinski definition) is 8. The molecule has 3 aromatic rings. The first kappa shape index (κ1) is 18.2. The molecule has 0 aliphatic carbocycles. The number of nitrogens with two attached hydrogens (primary N) is 1. The molecule has 4 rings (SSSR count). The maximum atomic E-state index is 10.1. The minimum Gasteiger partial charge on any atom is -0.508 e. The van der Waals surface area contributed by atoms with Crippen molar-refractivity contribution in [2.75, 3.05) is 30.8 Å². The molecule has 3 heterocycles. The molecule has 0 bridgehead atoms. The summed E-state index contributed by atoms with van der Waals surface area (Å²) < 4.78 is 6.19. The fourth-order valence-corrected chi connectivity index (χ4v) is 3.57. The second-order valence-electron chi connectivity index (χ2n) is 7.12. The smallest absolute Gasteiger partial charge is 0.234 e. The van der Waals surface area contributed by atoms with E-state index in [1.807, 2.05) is 33.0 Å². The van der Waals surface area contributed by atoms with E-state index >= 15 is 0 Å². The van der Waals surface area contributed by atoms with Gasteiger partial charge in [-0.2, -0.15) is 4.98 Å². The average molecular weight is 380 g/mol. The van der Waals surface area contributed by atoms with Crippen LogP contribution in [0.15, 0.2) is 24.5 Å². The molecule has 4 N–H and O–H groups in total. The van der Waals surface area contributed by atoms with Crippen LogP contribution in [0.3, 0.4) is 0 Å². The van der Waals surface area contributed by atoms with Gasteiger partial charge in [-0.1, -0.05) is 6.07 Å². The number of nitrogen functional groups attached to an aromatic ring is 1. The third-order valence-corrected chi connectivity index (χ3v) is 5.30. The van der Waals surface area contributed by atoms with Crippen molar-refractivity contribution in [3.05, 3.63) is 35.7 Å². The Morgan fingerprint density at radius 3 is 2.86 bits per heavy atom. The molecule has 2 aromatic heterocycles. The zero-order valence-electron chi connectivity index (χ0n) is 16.2. The Labute approximate surface area is 163 Å². The van der Waals surface area contributed by atoms with Gasteiger partial charge < -0.3 is 25.8 Å². The van der Waals surface area contributed by atoms with Crippen molar-refractivity contribution in [2.24, 2.45) is 0 Å². The van der Waals surface area contributed by atoms with Gasteiger partial charge in [0.1, 0.15) is 34.8 Å². The zero-order valence-corrected chi connectivity index (χ0v) is 16.2. The van der Waals surface area contributed by atoms with Crippen molar-refractivity contribution in [1.29, 1.82) is 0 Å². The van der Waals surface area contributed by atoms with Crippen LogP contribution in [0.2, 0.25) is 0 Å². The molecule has 0 radical (unpaired) electrons. The van der Waals surface area contributed by atoms with Gasteiger partial charge in [0, 0.05) is 30.8 Å². The molecule has 0 amide bonds. The lowest BCUT2D eigenvalue weighted by Gasteiger charge is -2.20. The minimum absolute atomic E-state index is 0.168. The van der Waals surface area contributed by atoms with Gasteiger partial charge in [-0.05, 0) is 38.9 Å². The monoisotopic (exact) mass is 380 g/mol. The second kappa shape index (κ2) is 7.12. The van der Waals surface area contributed by atoms with Gasteiger partial charge in [-0.25, -0.2) is 9.97 Å². The van der Waals surface area contributed by atoms with Gasteiger partial charge in [0.05, 0.1) is 5.52 Å². The molecule has 1 saturated heterocycles. The van der Waals surface area contributed by atoms with Gasteiger partial charge in [0.2, 0.25) is 5.88 Å². The molecule has 146 valence electrons. The van der Waals surface area contributed by atoms with E-state index < -0.39 is 0 Å². The Kier molecular flexibility index (Phi) is 4.64. The quantitative estimate of drug-likeness (QED) is 0.633. The number of aromatic hydroxyl groups is 1. The molecule has 1 aliphatic heterocycles. The molecule has 1 fully saturated rings.